The van der Waals surface area contributed by atoms with Gasteiger partial charge >= 0.3 is 5.97 Å². The van der Waals surface area contributed by atoms with Gasteiger partial charge in [-0.05, 0) is 123 Å². The van der Waals surface area contributed by atoms with E-state index in [1.165, 1.54) is 30.4 Å². The van der Waals surface area contributed by atoms with E-state index < -0.39 is 5.97 Å². The fraction of sp³-hybridized carbons (Fsp3) is 0.633. The Bertz CT molecular complexity index is 1020. The van der Waals surface area contributed by atoms with E-state index in [0.29, 0.717) is 41.3 Å². The van der Waals surface area contributed by atoms with Crippen molar-refractivity contribution in [3.05, 3.63) is 47.0 Å². The van der Waals surface area contributed by atoms with Gasteiger partial charge in [-0.3, -0.25) is 9.59 Å². The molecule has 0 radical (unpaired) electrons. The van der Waals surface area contributed by atoms with Gasteiger partial charge in [0.2, 0.25) is 0 Å². The minimum atomic E-state index is -0.887. The van der Waals surface area contributed by atoms with Gasteiger partial charge in [0.15, 0.2) is 5.78 Å². The lowest BCUT2D eigenvalue weighted by atomic mass is 9.45. The molecule has 1 aromatic rings. The lowest BCUT2D eigenvalue weighted by Crippen LogP contribution is -2.52. The van der Waals surface area contributed by atoms with Crippen molar-refractivity contribution in [3.63, 3.8) is 0 Å². The Labute approximate surface area is 203 Å². The number of allylic oxidation sites excluding steroid dienone is 1. The largest absolute Gasteiger partial charge is 0.478 e. The molecule has 0 saturated heterocycles. The molecule has 0 spiro atoms. The summed E-state index contributed by atoms with van der Waals surface area (Å²) in [4.78, 5) is 36.1. The highest BCUT2D eigenvalue weighted by Crippen LogP contribution is 2.68. The molecule has 4 aliphatic rings. The molecule has 34 heavy (non-hydrogen) atoms. The molecule has 4 heteroatoms. The van der Waals surface area contributed by atoms with Crippen LogP contribution in [0.3, 0.4) is 0 Å². The lowest BCUT2D eigenvalue weighted by molar-refractivity contribution is -0.130. The normalized spacial score (nSPS) is 36.8. The molecule has 0 bridgehead atoms. The molecule has 6 atom stereocenters. The molecule has 1 N–H and O–H groups in total. The van der Waals surface area contributed by atoms with Crippen molar-refractivity contribution in [2.24, 2.45) is 34.5 Å². The van der Waals surface area contributed by atoms with Crippen LogP contribution in [0.2, 0.25) is 0 Å². The number of hydrogen-bond donors (Lipinski definition) is 1. The Hall–Kier alpha value is -2.23. The second-order valence-corrected chi connectivity index (χ2v) is 11.8. The summed E-state index contributed by atoms with van der Waals surface area (Å²) < 4.78 is 0. The van der Waals surface area contributed by atoms with Gasteiger partial charge in [0.1, 0.15) is 5.78 Å². The van der Waals surface area contributed by atoms with E-state index in [4.69, 9.17) is 5.11 Å². The van der Waals surface area contributed by atoms with Crippen molar-refractivity contribution in [1.29, 1.82) is 0 Å². The summed E-state index contributed by atoms with van der Waals surface area (Å²) in [7, 11) is 0. The standard InChI is InChI=1S/C30H38O4/c1-19(31)25-11-12-27-24-10-9-22-18-23(32)13-16-29(22,2)26(24)14-17-30(25,27)15-3-4-20-5-7-21(8-6-20)28(33)34/h5-8,18,24-27H,3-4,9-17H2,1-2H3,(H,33,34)/t24-,25-,26+,27+,29+,30-/m1/s1. The SMILES string of the molecule is CC(=O)[C@H]1CC[C@H]2[C@@H]3CCC4=CC(=O)CC[C@]4(C)[C@H]3CC[C@]12CCCc1ccc(C(=O)O)cc1. The highest BCUT2D eigenvalue weighted by Gasteiger charge is 2.61. The van der Waals surface area contributed by atoms with Gasteiger partial charge < -0.3 is 5.11 Å². The maximum Gasteiger partial charge on any atom is 0.335 e. The molecule has 0 heterocycles. The summed E-state index contributed by atoms with van der Waals surface area (Å²) in [5.74, 6) is 1.91. The number of aromatic carboxylic acids is 1. The molecule has 0 amide bonds. The van der Waals surface area contributed by atoms with Gasteiger partial charge in [-0.2, -0.15) is 0 Å². The van der Waals surface area contributed by atoms with E-state index >= 15 is 0 Å². The molecule has 182 valence electrons. The van der Waals surface area contributed by atoms with Crippen molar-refractivity contribution in [2.45, 2.75) is 84.5 Å². The third kappa shape index (κ3) is 3.78. The Balaban J connectivity index is 1.36. The minimum Gasteiger partial charge on any atom is -0.478 e. The maximum atomic E-state index is 12.8. The van der Waals surface area contributed by atoms with E-state index in [0.717, 1.165) is 44.9 Å². The molecule has 4 nitrogen and oxygen atoms in total. The number of benzene rings is 1. The second kappa shape index (κ2) is 8.77. The summed E-state index contributed by atoms with van der Waals surface area (Å²) in [6.45, 7) is 4.23. The number of carbonyl (C=O) groups excluding carboxylic acids is 2. The minimum absolute atomic E-state index is 0.121. The zero-order chi connectivity index (χ0) is 24.1. The van der Waals surface area contributed by atoms with E-state index in [1.54, 1.807) is 19.1 Å². The molecule has 3 saturated carbocycles. The van der Waals surface area contributed by atoms with Crippen LogP contribution < -0.4 is 0 Å². The van der Waals surface area contributed by atoms with E-state index in [1.807, 2.05) is 18.2 Å². The highest BCUT2D eigenvalue weighted by atomic mass is 16.4. The van der Waals surface area contributed by atoms with Gasteiger partial charge in [-0.1, -0.05) is 24.6 Å². The van der Waals surface area contributed by atoms with Crippen LogP contribution in [0.25, 0.3) is 0 Å². The Morgan fingerprint density at radius 3 is 2.47 bits per heavy atom. The Morgan fingerprint density at radius 1 is 1.00 bits per heavy atom. The zero-order valence-corrected chi connectivity index (χ0v) is 20.6. The van der Waals surface area contributed by atoms with Gasteiger partial charge in [-0.15, -0.1) is 0 Å². The lowest BCUT2D eigenvalue weighted by Gasteiger charge is -2.59. The highest BCUT2D eigenvalue weighted by molar-refractivity contribution is 5.91. The first-order chi connectivity index (χ1) is 16.2. The summed E-state index contributed by atoms with van der Waals surface area (Å²) >= 11 is 0. The molecule has 0 aliphatic heterocycles. The summed E-state index contributed by atoms with van der Waals surface area (Å²) in [6, 6.07) is 7.26. The topological polar surface area (TPSA) is 71.4 Å². The number of Topliss-reactive ketones (excluding diaryl/α,β-unsaturated/α-hetero) is 1. The van der Waals surface area contributed by atoms with Crippen molar-refractivity contribution in [3.8, 4) is 0 Å². The van der Waals surface area contributed by atoms with Crippen LogP contribution in [0.1, 0.15) is 94.0 Å². The summed E-state index contributed by atoms with van der Waals surface area (Å²) in [5.41, 5.74) is 3.20. The number of fused-ring (bicyclic) bond motifs is 5. The first-order valence-electron chi connectivity index (χ1n) is 13.3. The van der Waals surface area contributed by atoms with Crippen molar-refractivity contribution in [1.82, 2.24) is 0 Å². The fourth-order valence-electron chi connectivity index (χ4n) is 8.90. The number of aryl methyl sites for hydroxylation is 1. The first kappa shape index (κ1) is 23.5. The third-order valence-electron chi connectivity index (χ3n) is 10.5. The van der Waals surface area contributed by atoms with Crippen LogP contribution in [0.15, 0.2) is 35.9 Å². The molecular formula is C30H38O4. The number of ketones is 2. The average molecular weight is 463 g/mol. The van der Waals surface area contributed by atoms with Crippen LogP contribution in [0.4, 0.5) is 0 Å². The van der Waals surface area contributed by atoms with E-state index in [9.17, 15) is 14.4 Å². The number of carboxylic acids is 1. The van der Waals surface area contributed by atoms with Crippen molar-refractivity contribution < 1.29 is 19.5 Å². The van der Waals surface area contributed by atoms with Gasteiger partial charge in [0.05, 0.1) is 5.56 Å². The van der Waals surface area contributed by atoms with Crippen molar-refractivity contribution in [2.75, 3.05) is 0 Å². The summed E-state index contributed by atoms with van der Waals surface area (Å²) in [6.07, 6.45) is 13.5. The van der Waals surface area contributed by atoms with Crippen LogP contribution in [-0.4, -0.2) is 22.6 Å². The quantitative estimate of drug-likeness (QED) is 0.529. The van der Waals surface area contributed by atoms with E-state index in [-0.39, 0.29) is 16.7 Å². The maximum absolute atomic E-state index is 12.8. The Morgan fingerprint density at radius 2 is 1.76 bits per heavy atom. The van der Waals surface area contributed by atoms with Gasteiger partial charge in [0, 0.05) is 12.3 Å². The van der Waals surface area contributed by atoms with Crippen molar-refractivity contribution >= 4 is 17.5 Å². The summed E-state index contributed by atoms with van der Waals surface area (Å²) in [5, 5.41) is 9.15. The van der Waals surface area contributed by atoms with E-state index in [2.05, 4.69) is 6.92 Å². The molecule has 3 fully saturated rings. The number of rotatable bonds is 6. The Kier molecular flexibility index (Phi) is 6.06. The number of hydrogen-bond acceptors (Lipinski definition) is 3. The monoisotopic (exact) mass is 462 g/mol. The van der Waals surface area contributed by atoms with Gasteiger partial charge in [-0.25, -0.2) is 4.79 Å². The molecule has 1 aromatic carbocycles. The van der Waals surface area contributed by atoms with Gasteiger partial charge in [0.25, 0.3) is 0 Å². The molecular weight excluding hydrogens is 424 g/mol. The smallest absolute Gasteiger partial charge is 0.335 e. The second-order valence-electron chi connectivity index (χ2n) is 11.8. The first-order valence-corrected chi connectivity index (χ1v) is 13.3. The fourth-order valence-corrected chi connectivity index (χ4v) is 8.90. The molecule has 0 aromatic heterocycles. The molecule has 4 aliphatic carbocycles. The zero-order valence-electron chi connectivity index (χ0n) is 20.6. The predicted octanol–water partition coefficient (Wildman–Crippen LogP) is 6.42. The molecule has 0 unspecified atom stereocenters. The predicted molar refractivity (Wildman–Crippen MR) is 132 cm³/mol. The average Bonchev–Trinajstić information content (AvgIpc) is 3.20. The van der Waals surface area contributed by atoms with Crippen LogP contribution in [-0.2, 0) is 16.0 Å². The van der Waals surface area contributed by atoms with Crippen LogP contribution >= 0.6 is 0 Å². The number of carboxylic acid groups (broad SMARTS) is 1. The molecule has 5 rings (SSSR count). The van der Waals surface area contributed by atoms with Crippen LogP contribution in [0, 0.1) is 34.5 Å². The third-order valence-corrected chi connectivity index (χ3v) is 10.5. The van der Waals surface area contributed by atoms with Crippen LogP contribution in [0.5, 0.6) is 0 Å². The number of carbonyl (C=O) groups is 3.